The zero-order valence-corrected chi connectivity index (χ0v) is 13.5. The van der Waals surface area contributed by atoms with Crippen LogP contribution in [-0.2, 0) is 16.4 Å². The van der Waals surface area contributed by atoms with Gasteiger partial charge in [-0.05, 0) is 38.0 Å². The number of hydrogen-bond acceptors (Lipinski definition) is 3. The maximum absolute atomic E-state index is 12.2. The normalized spacial score (nSPS) is 11.4. The van der Waals surface area contributed by atoms with Crippen LogP contribution >= 0.6 is 0 Å². The Morgan fingerprint density at radius 2 is 1.77 bits per heavy atom. The number of ketones is 1. The van der Waals surface area contributed by atoms with Gasteiger partial charge >= 0.3 is 0 Å². The summed E-state index contributed by atoms with van der Waals surface area (Å²) in [5.41, 5.74) is 2.64. The monoisotopic (exact) mass is 317 g/mol. The molecule has 2 rings (SSSR count). The molecule has 0 unspecified atom stereocenters. The van der Waals surface area contributed by atoms with E-state index < -0.39 is 10.0 Å². The molecule has 22 heavy (non-hydrogen) atoms. The van der Waals surface area contributed by atoms with E-state index in [1.807, 2.05) is 31.2 Å². The summed E-state index contributed by atoms with van der Waals surface area (Å²) >= 11 is 0. The van der Waals surface area contributed by atoms with Crippen molar-refractivity contribution in [3.05, 3.63) is 65.2 Å². The molecule has 1 N–H and O–H groups in total. The van der Waals surface area contributed by atoms with Crippen LogP contribution in [-0.4, -0.2) is 20.7 Å². The first-order valence-electron chi connectivity index (χ1n) is 7.05. The van der Waals surface area contributed by atoms with Gasteiger partial charge in [-0.15, -0.1) is 0 Å². The Balaban J connectivity index is 2.03. The van der Waals surface area contributed by atoms with Crippen molar-refractivity contribution in [2.75, 3.05) is 6.54 Å². The van der Waals surface area contributed by atoms with Crippen LogP contribution in [0.3, 0.4) is 0 Å². The highest BCUT2D eigenvalue weighted by atomic mass is 32.2. The molecule has 5 heteroatoms. The van der Waals surface area contributed by atoms with Gasteiger partial charge in [-0.2, -0.15) is 0 Å². The summed E-state index contributed by atoms with van der Waals surface area (Å²) in [6, 6.07) is 14.0. The van der Waals surface area contributed by atoms with Crippen LogP contribution < -0.4 is 4.72 Å². The van der Waals surface area contributed by atoms with Crippen LogP contribution in [0.25, 0.3) is 0 Å². The summed E-state index contributed by atoms with van der Waals surface area (Å²) in [6.07, 6.45) is 0.617. The van der Waals surface area contributed by atoms with Crippen molar-refractivity contribution in [3.63, 3.8) is 0 Å². The smallest absolute Gasteiger partial charge is 0.240 e. The number of nitrogens with one attached hydrogen (secondary N) is 1. The minimum atomic E-state index is -3.60. The fourth-order valence-electron chi connectivity index (χ4n) is 2.05. The molecule has 0 fully saturated rings. The van der Waals surface area contributed by atoms with Gasteiger partial charge in [0.25, 0.3) is 0 Å². The van der Waals surface area contributed by atoms with E-state index in [9.17, 15) is 13.2 Å². The number of Topliss-reactive ketones (excluding diaryl/α,β-unsaturated/α-hetero) is 1. The maximum Gasteiger partial charge on any atom is 0.240 e. The third kappa shape index (κ3) is 4.26. The van der Waals surface area contributed by atoms with E-state index in [4.69, 9.17) is 0 Å². The second-order valence-corrected chi connectivity index (χ2v) is 6.98. The minimum absolute atomic E-state index is 0.115. The Kier molecular flexibility index (Phi) is 5.11. The van der Waals surface area contributed by atoms with Crippen LogP contribution in [0.2, 0.25) is 0 Å². The lowest BCUT2D eigenvalue weighted by molar-refractivity contribution is 0.101. The highest BCUT2D eigenvalue weighted by Gasteiger charge is 2.14. The summed E-state index contributed by atoms with van der Waals surface area (Å²) in [5, 5.41) is 0. The standard InChI is InChI=1S/C17H19NO3S/c1-13-6-8-15(9-7-13)10-11-18-22(20,21)17-5-3-4-16(12-17)14(2)19/h3-9,12,18H,10-11H2,1-2H3. The first-order chi connectivity index (χ1) is 10.4. The van der Waals surface area contributed by atoms with E-state index in [0.717, 1.165) is 5.56 Å². The Morgan fingerprint density at radius 1 is 1.09 bits per heavy atom. The third-order valence-electron chi connectivity index (χ3n) is 3.38. The van der Waals surface area contributed by atoms with Crippen LogP contribution in [0.4, 0.5) is 0 Å². The van der Waals surface area contributed by atoms with E-state index in [2.05, 4.69) is 4.72 Å². The van der Waals surface area contributed by atoms with Crippen molar-refractivity contribution < 1.29 is 13.2 Å². The lowest BCUT2D eigenvalue weighted by atomic mass is 10.1. The van der Waals surface area contributed by atoms with Crippen LogP contribution in [0.5, 0.6) is 0 Å². The molecule has 0 radical (unpaired) electrons. The SMILES string of the molecule is CC(=O)c1cccc(S(=O)(=O)NCCc2ccc(C)cc2)c1. The highest BCUT2D eigenvalue weighted by molar-refractivity contribution is 7.89. The minimum Gasteiger partial charge on any atom is -0.295 e. The molecule has 0 aliphatic heterocycles. The Morgan fingerprint density at radius 3 is 2.41 bits per heavy atom. The Bertz CT molecular complexity index is 765. The van der Waals surface area contributed by atoms with Crippen LogP contribution in [0.15, 0.2) is 53.4 Å². The van der Waals surface area contributed by atoms with Crippen molar-refractivity contribution in [1.82, 2.24) is 4.72 Å². The van der Waals surface area contributed by atoms with Gasteiger partial charge in [-0.1, -0.05) is 42.0 Å². The van der Waals surface area contributed by atoms with Crippen molar-refractivity contribution in [2.45, 2.75) is 25.2 Å². The van der Waals surface area contributed by atoms with Crippen LogP contribution in [0.1, 0.15) is 28.4 Å². The maximum atomic E-state index is 12.2. The lowest BCUT2D eigenvalue weighted by Gasteiger charge is -2.08. The number of rotatable bonds is 6. The average molecular weight is 317 g/mol. The molecule has 0 spiro atoms. The van der Waals surface area contributed by atoms with Gasteiger partial charge in [-0.3, -0.25) is 4.79 Å². The second-order valence-electron chi connectivity index (χ2n) is 5.22. The fraction of sp³-hybridized carbons (Fsp3) is 0.235. The van der Waals surface area contributed by atoms with E-state index in [1.54, 1.807) is 12.1 Å². The Labute approximate surface area is 131 Å². The molecule has 0 atom stereocenters. The Hall–Kier alpha value is -1.98. The predicted octanol–water partition coefficient (Wildman–Crippen LogP) is 2.72. The molecular weight excluding hydrogens is 298 g/mol. The molecule has 0 saturated carbocycles. The first-order valence-corrected chi connectivity index (χ1v) is 8.53. The quantitative estimate of drug-likeness (QED) is 0.833. The summed E-state index contributed by atoms with van der Waals surface area (Å²) < 4.78 is 27.0. The highest BCUT2D eigenvalue weighted by Crippen LogP contribution is 2.12. The topological polar surface area (TPSA) is 63.2 Å². The number of benzene rings is 2. The fourth-order valence-corrected chi connectivity index (χ4v) is 3.13. The lowest BCUT2D eigenvalue weighted by Crippen LogP contribution is -2.26. The van der Waals surface area contributed by atoms with E-state index >= 15 is 0 Å². The van der Waals surface area contributed by atoms with Gasteiger partial charge in [0.15, 0.2) is 5.78 Å². The van der Waals surface area contributed by atoms with Crippen molar-refractivity contribution >= 4 is 15.8 Å². The molecule has 116 valence electrons. The predicted molar refractivity (Wildman–Crippen MR) is 86.5 cm³/mol. The van der Waals surface area contributed by atoms with Gasteiger partial charge in [0.2, 0.25) is 10.0 Å². The number of carbonyl (C=O) groups excluding carboxylic acids is 1. The molecule has 0 bridgehead atoms. The molecule has 4 nitrogen and oxygen atoms in total. The first kappa shape index (κ1) is 16.4. The summed E-state index contributed by atoms with van der Waals surface area (Å²) in [7, 11) is -3.60. The van der Waals surface area contributed by atoms with Gasteiger partial charge in [0, 0.05) is 12.1 Å². The summed E-state index contributed by atoms with van der Waals surface area (Å²) in [5.74, 6) is -0.156. The summed E-state index contributed by atoms with van der Waals surface area (Å²) in [6.45, 7) is 3.74. The van der Waals surface area contributed by atoms with Crippen molar-refractivity contribution in [3.8, 4) is 0 Å². The number of hydrogen-bond donors (Lipinski definition) is 1. The van der Waals surface area contributed by atoms with Crippen molar-refractivity contribution in [2.24, 2.45) is 0 Å². The zero-order chi connectivity index (χ0) is 16.2. The largest absolute Gasteiger partial charge is 0.295 e. The second kappa shape index (κ2) is 6.85. The molecule has 2 aromatic rings. The van der Waals surface area contributed by atoms with Gasteiger partial charge in [-0.25, -0.2) is 13.1 Å². The summed E-state index contributed by atoms with van der Waals surface area (Å²) in [4.78, 5) is 11.5. The van der Waals surface area contributed by atoms with Gasteiger partial charge in [0.1, 0.15) is 0 Å². The molecule has 0 amide bonds. The molecule has 0 heterocycles. The molecule has 0 aromatic heterocycles. The van der Waals surface area contributed by atoms with E-state index in [0.29, 0.717) is 18.5 Å². The number of aryl methyl sites for hydroxylation is 1. The average Bonchev–Trinajstić information content (AvgIpc) is 2.49. The zero-order valence-electron chi connectivity index (χ0n) is 12.7. The van der Waals surface area contributed by atoms with Crippen LogP contribution in [0, 0.1) is 6.92 Å². The number of carbonyl (C=O) groups is 1. The van der Waals surface area contributed by atoms with E-state index in [-0.39, 0.29) is 10.7 Å². The molecule has 2 aromatic carbocycles. The molecule has 0 aliphatic carbocycles. The van der Waals surface area contributed by atoms with E-state index in [1.165, 1.54) is 24.6 Å². The van der Waals surface area contributed by atoms with Gasteiger partial charge in [0.05, 0.1) is 4.90 Å². The third-order valence-corrected chi connectivity index (χ3v) is 4.84. The molecular formula is C17H19NO3S. The molecule has 0 saturated heterocycles. The number of sulfonamides is 1. The van der Waals surface area contributed by atoms with Crippen molar-refractivity contribution in [1.29, 1.82) is 0 Å². The van der Waals surface area contributed by atoms with Gasteiger partial charge < -0.3 is 0 Å². The molecule has 0 aliphatic rings.